The van der Waals surface area contributed by atoms with Gasteiger partial charge in [-0.2, -0.15) is 0 Å². The molecule has 0 heterocycles. The predicted octanol–water partition coefficient (Wildman–Crippen LogP) is 2.37. The lowest BCUT2D eigenvalue weighted by Gasteiger charge is -2.07. The maximum atomic E-state index is 11.7. The van der Waals surface area contributed by atoms with Crippen LogP contribution in [0.5, 0.6) is 5.75 Å². The van der Waals surface area contributed by atoms with E-state index in [1.165, 1.54) is 0 Å². The van der Waals surface area contributed by atoms with Crippen molar-refractivity contribution in [2.75, 3.05) is 19.0 Å². The molecule has 6 heteroatoms. The Bertz CT molecular complexity index is 694. The number of nitrogens with two attached hydrogens (primary N) is 1. The molecule has 0 unspecified atom stereocenters. The van der Waals surface area contributed by atoms with E-state index in [2.05, 4.69) is 15.6 Å². The molecule has 1 amide bonds. The van der Waals surface area contributed by atoms with Crippen LogP contribution in [0.15, 0.2) is 53.5 Å². The number of benzene rings is 2. The van der Waals surface area contributed by atoms with Gasteiger partial charge in [0.25, 0.3) is 5.91 Å². The number of anilines is 1. The summed E-state index contributed by atoms with van der Waals surface area (Å²) >= 11 is 0. The number of amides is 1. The minimum absolute atomic E-state index is 0.0757. The molecule has 0 radical (unpaired) electrons. The van der Waals surface area contributed by atoms with Crippen molar-refractivity contribution in [1.82, 2.24) is 5.32 Å². The molecule has 0 spiro atoms. The van der Waals surface area contributed by atoms with E-state index in [1.54, 1.807) is 19.2 Å². The zero-order chi connectivity index (χ0) is 17.4. The van der Waals surface area contributed by atoms with Gasteiger partial charge in [-0.15, -0.1) is 0 Å². The molecule has 0 atom stereocenters. The molecular weight excluding hydrogens is 304 g/mol. The molecule has 0 aliphatic heterocycles. The lowest BCUT2D eigenvalue weighted by Crippen LogP contribution is -2.23. The fourth-order valence-corrected chi connectivity index (χ4v) is 2.06. The summed E-state index contributed by atoms with van der Waals surface area (Å²) in [6, 6.07) is 14.7. The van der Waals surface area contributed by atoms with Gasteiger partial charge in [0.1, 0.15) is 5.75 Å². The number of nitrogens with one attached hydrogen (secondary N) is 2. The molecule has 0 aliphatic carbocycles. The summed E-state index contributed by atoms with van der Waals surface area (Å²) in [6.07, 6.45) is 0. The Morgan fingerprint density at radius 3 is 2.38 bits per heavy atom. The minimum atomic E-state index is -0.0757. The number of rotatable bonds is 6. The standard InChI is InChI=1S/C18H22N4O2/c1-3-20-17(23)14-6-4-13(5-7-14)12-21-18(19)22-15-8-10-16(24-2)11-9-15/h4-11H,3,12H2,1-2H3,(H,20,23)(H3,19,21,22). The third-order valence-electron chi connectivity index (χ3n) is 3.35. The first-order chi connectivity index (χ1) is 11.6. The average Bonchev–Trinajstić information content (AvgIpc) is 2.61. The van der Waals surface area contributed by atoms with Crippen LogP contribution >= 0.6 is 0 Å². The quantitative estimate of drug-likeness (QED) is 0.562. The Kier molecular flexibility index (Phi) is 6.19. The van der Waals surface area contributed by atoms with E-state index in [1.807, 2.05) is 43.3 Å². The van der Waals surface area contributed by atoms with Gasteiger partial charge in [0.05, 0.1) is 13.7 Å². The fourth-order valence-electron chi connectivity index (χ4n) is 2.06. The molecule has 2 aromatic rings. The van der Waals surface area contributed by atoms with Crippen LogP contribution < -0.4 is 21.1 Å². The normalized spacial score (nSPS) is 11.0. The summed E-state index contributed by atoms with van der Waals surface area (Å²) in [5.41, 5.74) is 8.33. The molecule has 2 rings (SSSR count). The van der Waals surface area contributed by atoms with Crippen LogP contribution in [0.4, 0.5) is 5.69 Å². The summed E-state index contributed by atoms with van der Waals surface area (Å²) in [6.45, 7) is 2.93. The molecular formula is C18H22N4O2. The van der Waals surface area contributed by atoms with Crippen molar-refractivity contribution in [1.29, 1.82) is 0 Å². The molecule has 0 saturated heterocycles. The number of aliphatic imine (C=N–C) groups is 1. The summed E-state index contributed by atoms with van der Waals surface area (Å²) < 4.78 is 5.10. The zero-order valence-electron chi connectivity index (χ0n) is 13.9. The molecule has 0 aliphatic rings. The van der Waals surface area contributed by atoms with Crippen LogP contribution in [0, 0.1) is 0 Å². The minimum Gasteiger partial charge on any atom is -0.497 e. The monoisotopic (exact) mass is 326 g/mol. The van der Waals surface area contributed by atoms with E-state index < -0.39 is 0 Å². The zero-order valence-corrected chi connectivity index (χ0v) is 13.9. The third kappa shape index (κ3) is 5.01. The number of carbonyl (C=O) groups excluding carboxylic acids is 1. The lowest BCUT2D eigenvalue weighted by molar-refractivity contribution is 0.0956. The average molecular weight is 326 g/mol. The largest absolute Gasteiger partial charge is 0.497 e. The van der Waals surface area contributed by atoms with Crippen LogP contribution in [0.1, 0.15) is 22.8 Å². The van der Waals surface area contributed by atoms with Crippen molar-refractivity contribution in [3.8, 4) is 5.75 Å². The number of hydrogen-bond donors (Lipinski definition) is 3. The van der Waals surface area contributed by atoms with Crippen molar-refractivity contribution in [3.63, 3.8) is 0 Å². The fraction of sp³-hybridized carbons (Fsp3) is 0.222. The summed E-state index contributed by atoms with van der Waals surface area (Å²) in [5, 5.41) is 5.78. The second-order valence-electron chi connectivity index (χ2n) is 5.11. The molecule has 0 fully saturated rings. The van der Waals surface area contributed by atoms with Gasteiger partial charge in [-0.1, -0.05) is 12.1 Å². The molecule has 0 aromatic heterocycles. The number of hydrogen-bond acceptors (Lipinski definition) is 3. The van der Waals surface area contributed by atoms with Gasteiger partial charge in [-0.25, -0.2) is 4.99 Å². The van der Waals surface area contributed by atoms with Gasteiger partial charge >= 0.3 is 0 Å². The SMILES string of the molecule is CCNC(=O)c1ccc(CN=C(N)Nc2ccc(OC)cc2)cc1. The first-order valence-electron chi connectivity index (χ1n) is 7.70. The van der Waals surface area contributed by atoms with E-state index in [9.17, 15) is 4.79 Å². The maximum Gasteiger partial charge on any atom is 0.251 e. The summed E-state index contributed by atoms with van der Waals surface area (Å²) in [7, 11) is 1.62. The highest BCUT2D eigenvalue weighted by Crippen LogP contribution is 2.14. The first kappa shape index (κ1) is 17.3. The van der Waals surface area contributed by atoms with Crippen LogP contribution in [0.2, 0.25) is 0 Å². The van der Waals surface area contributed by atoms with E-state index in [0.717, 1.165) is 17.0 Å². The molecule has 0 saturated carbocycles. The van der Waals surface area contributed by atoms with E-state index in [0.29, 0.717) is 24.6 Å². The van der Waals surface area contributed by atoms with Gasteiger partial charge in [0, 0.05) is 17.8 Å². The highest BCUT2D eigenvalue weighted by atomic mass is 16.5. The highest BCUT2D eigenvalue weighted by molar-refractivity contribution is 5.94. The number of nitrogens with zero attached hydrogens (tertiary/aromatic N) is 1. The smallest absolute Gasteiger partial charge is 0.251 e. The van der Waals surface area contributed by atoms with Crippen LogP contribution in [-0.2, 0) is 6.54 Å². The Balaban J connectivity index is 1.92. The molecule has 4 N–H and O–H groups in total. The van der Waals surface area contributed by atoms with E-state index >= 15 is 0 Å². The van der Waals surface area contributed by atoms with Crippen molar-refractivity contribution in [3.05, 3.63) is 59.7 Å². The number of methoxy groups -OCH3 is 1. The summed E-state index contributed by atoms with van der Waals surface area (Å²) in [4.78, 5) is 16.0. The van der Waals surface area contributed by atoms with Crippen molar-refractivity contribution in [2.45, 2.75) is 13.5 Å². The summed E-state index contributed by atoms with van der Waals surface area (Å²) in [5.74, 6) is 1.03. The Hall–Kier alpha value is -3.02. The highest BCUT2D eigenvalue weighted by Gasteiger charge is 2.03. The number of carbonyl (C=O) groups is 1. The van der Waals surface area contributed by atoms with Crippen LogP contribution in [-0.4, -0.2) is 25.5 Å². The van der Waals surface area contributed by atoms with Crippen molar-refractivity contribution in [2.24, 2.45) is 10.7 Å². The topological polar surface area (TPSA) is 88.7 Å². The third-order valence-corrected chi connectivity index (χ3v) is 3.35. The van der Waals surface area contributed by atoms with Gasteiger partial charge < -0.3 is 21.1 Å². The predicted molar refractivity (Wildman–Crippen MR) is 96.4 cm³/mol. The van der Waals surface area contributed by atoms with Crippen molar-refractivity contribution >= 4 is 17.6 Å². The van der Waals surface area contributed by atoms with E-state index in [4.69, 9.17) is 10.5 Å². The Morgan fingerprint density at radius 1 is 1.12 bits per heavy atom. The Morgan fingerprint density at radius 2 is 1.79 bits per heavy atom. The van der Waals surface area contributed by atoms with E-state index in [-0.39, 0.29) is 5.91 Å². The van der Waals surface area contributed by atoms with Crippen molar-refractivity contribution < 1.29 is 9.53 Å². The lowest BCUT2D eigenvalue weighted by atomic mass is 10.1. The maximum absolute atomic E-state index is 11.7. The van der Waals surface area contributed by atoms with Gasteiger partial charge in [-0.05, 0) is 48.9 Å². The van der Waals surface area contributed by atoms with Crippen LogP contribution in [0.3, 0.4) is 0 Å². The molecule has 2 aromatic carbocycles. The molecule has 24 heavy (non-hydrogen) atoms. The van der Waals surface area contributed by atoms with Gasteiger partial charge in [0.2, 0.25) is 0 Å². The van der Waals surface area contributed by atoms with Gasteiger partial charge in [-0.3, -0.25) is 4.79 Å². The molecule has 0 bridgehead atoms. The molecule has 6 nitrogen and oxygen atoms in total. The van der Waals surface area contributed by atoms with Crippen LogP contribution in [0.25, 0.3) is 0 Å². The number of ether oxygens (including phenoxy) is 1. The molecule has 126 valence electrons. The first-order valence-corrected chi connectivity index (χ1v) is 7.70. The number of guanidine groups is 1. The Labute approximate surface area is 141 Å². The second-order valence-corrected chi connectivity index (χ2v) is 5.11. The second kappa shape index (κ2) is 8.57. The van der Waals surface area contributed by atoms with Gasteiger partial charge in [0.15, 0.2) is 5.96 Å².